The van der Waals surface area contributed by atoms with E-state index in [0.29, 0.717) is 11.6 Å². The van der Waals surface area contributed by atoms with Gasteiger partial charge in [0.1, 0.15) is 0 Å². The average molecular weight is 711 g/mol. The molecule has 0 aliphatic carbocycles. The van der Waals surface area contributed by atoms with Crippen molar-refractivity contribution >= 4 is 15.2 Å². The summed E-state index contributed by atoms with van der Waals surface area (Å²) < 4.78 is 0. The Morgan fingerprint density at radius 1 is 0.408 bits per heavy atom. The Hall–Kier alpha value is -0.100. The van der Waals surface area contributed by atoms with E-state index >= 15 is 0 Å². The Morgan fingerprint density at radius 3 is 0.959 bits per heavy atom. The summed E-state index contributed by atoms with van der Waals surface area (Å²) in [5, 5.41) is 8.98. The van der Waals surface area contributed by atoms with Gasteiger partial charge in [0.15, 0.2) is 0 Å². The fourth-order valence-corrected chi connectivity index (χ4v) is 8.39. The maximum atomic E-state index is 10.3. The first-order valence-corrected chi connectivity index (χ1v) is 23.5. The summed E-state index contributed by atoms with van der Waals surface area (Å²) in [5.41, 5.74) is 0. The maximum Gasteiger partial charge on any atom is 0.303 e. The number of carboxylic acid groups (broad SMARTS) is 1. The number of aliphatic carboxylic acids is 1. The van der Waals surface area contributed by atoms with Gasteiger partial charge in [-0.15, -0.1) is 9.24 Å². The van der Waals surface area contributed by atoms with Crippen LogP contribution >= 0.6 is 9.24 Å². The van der Waals surface area contributed by atoms with E-state index in [-0.39, 0.29) is 0 Å². The van der Waals surface area contributed by atoms with Crippen LogP contribution in [0.25, 0.3) is 0 Å². The lowest BCUT2D eigenvalue weighted by Crippen LogP contribution is -2.32. The van der Waals surface area contributed by atoms with Crippen LogP contribution in [-0.4, -0.2) is 16.2 Å². The zero-order valence-electron chi connectivity index (χ0n) is 34.9. The molecule has 2 nitrogen and oxygen atoms in total. The first-order valence-electron chi connectivity index (χ1n) is 22.9. The second kappa shape index (κ2) is 42.3. The topological polar surface area (TPSA) is 37.3 Å². The van der Waals surface area contributed by atoms with Crippen LogP contribution in [0.4, 0.5) is 0 Å². The molecule has 0 aromatic rings. The first kappa shape index (κ1) is 51.0. The molecule has 49 heavy (non-hydrogen) atoms. The summed E-state index contributed by atoms with van der Waals surface area (Å²) in [6.45, 7) is 11.6. The van der Waals surface area contributed by atoms with Crippen molar-refractivity contribution in [2.45, 2.75) is 284 Å². The summed E-state index contributed by atoms with van der Waals surface area (Å²) in [6, 6.07) is 0. The molecule has 0 saturated carbocycles. The predicted molar refractivity (Wildman–Crippen MR) is 227 cm³/mol. The Morgan fingerprint density at radius 2 is 0.653 bits per heavy atom. The smallest absolute Gasteiger partial charge is 0.303 e. The Labute approximate surface area is 313 Å². The van der Waals surface area contributed by atoms with Gasteiger partial charge in [0, 0.05) is 6.42 Å². The number of carboxylic acids is 1. The molecular weight excluding hydrogens is 615 g/mol. The zero-order chi connectivity index (χ0) is 36.5. The first-order chi connectivity index (χ1) is 23.9. The molecule has 2 unspecified atom stereocenters. The van der Waals surface area contributed by atoms with E-state index < -0.39 is 5.97 Å². The third kappa shape index (κ3) is 39.0. The monoisotopic (exact) mass is 711 g/mol. The van der Waals surface area contributed by atoms with Crippen molar-refractivity contribution in [2.24, 2.45) is 5.92 Å². The Kier molecular flexibility index (Phi) is 44.0. The molecule has 0 fully saturated rings. The maximum absolute atomic E-state index is 10.3. The second-order valence-corrected chi connectivity index (χ2v) is 17.2. The van der Waals surface area contributed by atoms with Gasteiger partial charge < -0.3 is 5.11 Å². The fraction of sp³-hybridized carbons (Fsp3) is 0.978. The van der Waals surface area contributed by atoms with Gasteiger partial charge in [-0.1, -0.05) is 240 Å². The predicted octanol–water partition coefficient (Wildman–Crippen LogP) is 17.2. The average Bonchev–Trinajstić information content (AvgIpc) is 3.09. The molecule has 0 spiro atoms. The SMILES string of the molecule is CCCCCCCCCCCCC(CCCCCC)C(P)(CCCCCC)CCCCCC.CCCCCCCCCCCCCC(=O)O. The van der Waals surface area contributed by atoms with Gasteiger partial charge in [0.25, 0.3) is 0 Å². The molecule has 0 aliphatic rings. The molecule has 0 rings (SSSR count). The van der Waals surface area contributed by atoms with Crippen molar-refractivity contribution in [3.63, 3.8) is 0 Å². The third-order valence-corrected chi connectivity index (χ3v) is 12.2. The molecule has 0 aromatic heterocycles. The highest BCUT2D eigenvalue weighted by molar-refractivity contribution is 7.19. The van der Waals surface area contributed by atoms with Crippen molar-refractivity contribution < 1.29 is 9.90 Å². The molecule has 0 radical (unpaired) electrons. The highest BCUT2D eigenvalue weighted by Gasteiger charge is 2.32. The summed E-state index contributed by atoms with van der Waals surface area (Å²) in [6.07, 6.45) is 52.0. The number of unbranched alkanes of at least 4 members (excludes halogenated alkanes) is 28. The van der Waals surface area contributed by atoms with Gasteiger partial charge in [-0.25, -0.2) is 0 Å². The molecule has 296 valence electrons. The standard InChI is InChI=1S/C32H67P.C14H28O2/c1-5-9-13-17-18-19-20-21-22-24-28-31(27-23-14-10-6-2)32(33,29-25-15-11-7-3)30-26-16-12-8-4;1-2-3-4-5-6-7-8-9-10-11-12-13-14(15)16/h31H,5-30,33H2,1-4H3;2-13H2,1H3,(H,15,16). The number of hydrogen-bond donors (Lipinski definition) is 1. The molecule has 0 amide bonds. The zero-order valence-corrected chi connectivity index (χ0v) is 36.0. The molecule has 0 aromatic carbocycles. The lowest BCUT2D eigenvalue weighted by Gasteiger charge is -2.39. The van der Waals surface area contributed by atoms with Crippen LogP contribution in [0.15, 0.2) is 0 Å². The van der Waals surface area contributed by atoms with Crippen LogP contribution in [0.5, 0.6) is 0 Å². The molecule has 1 N–H and O–H groups in total. The second-order valence-electron chi connectivity index (χ2n) is 16.1. The van der Waals surface area contributed by atoms with Gasteiger partial charge in [-0.2, -0.15) is 0 Å². The minimum absolute atomic E-state index is 0.344. The molecule has 0 aliphatic heterocycles. The lowest BCUT2D eigenvalue weighted by atomic mass is 9.77. The van der Waals surface area contributed by atoms with Crippen LogP contribution < -0.4 is 0 Å². The van der Waals surface area contributed by atoms with Crippen molar-refractivity contribution in [1.82, 2.24) is 0 Å². The quantitative estimate of drug-likeness (QED) is 0.0509. The number of rotatable bonds is 39. The highest BCUT2D eigenvalue weighted by atomic mass is 31.0. The van der Waals surface area contributed by atoms with Crippen LogP contribution in [0.3, 0.4) is 0 Å². The van der Waals surface area contributed by atoms with Crippen LogP contribution in [0, 0.1) is 5.92 Å². The van der Waals surface area contributed by atoms with E-state index in [9.17, 15) is 4.79 Å². The van der Waals surface area contributed by atoms with Crippen molar-refractivity contribution in [1.29, 1.82) is 0 Å². The van der Waals surface area contributed by atoms with Crippen molar-refractivity contribution in [3.05, 3.63) is 0 Å². The lowest BCUT2D eigenvalue weighted by molar-refractivity contribution is -0.137. The number of hydrogen-bond acceptors (Lipinski definition) is 1. The Balaban J connectivity index is 0. The van der Waals surface area contributed by atoms with E-state index in [1.54, 1.807) is 0 Å². The van der Waals surface area contributed by atoms with Gasteiger partial charge in [0.05, 0.1) is 0 Å². The summed E-state index contributed by atoms with van der Waals surface area (Å²) in [4.78, 5) is 10.3. The molecule has 0 heterocycles. The molecule has 3 heteroatoms. The van der Waals surface area contributed by atoms with Crippen molar-refractivity contribution in [2.75, 3.05) is 0 Å². The summed E-state index contributed by atoms with van der Waals surface area (Å²) in [7, 11) is 3.49. The fourth-order valence-electron chi connectivity index (χ4n) is 7.65. The van der Waals surface area contributed by atoms with Crippen molar-refractivity contribution in [3.8, 4) is 0 Å². The highest BCUT2D eigenvalue weighted by Crippen LogP contribution is 2.44. The van der Waals surface area contributed by atoms with Gasteiger partial charge in [0.2, 0.25) is 0 Å². The molecule has 0 saturated heterocycles. The Bertz CT molecular complexity index is 608. The molecular formula is C46H95O2P. The minimum Gasteiger partial charge on any atom is -0.481 e. The van der Waals surface area contributed by atoms with Crippen LogP contribution in [0.1, 0.15) is 279 Å². The summed E-state index contributed by atoms with van der Waals surface area (Å²) in [5.74, 6) is 0.285. The van der Waals surface area contributed by atoms with E-state index in [0.717, 1.165) is 18.8 Å². The van der Waals surface area contributed by atoms with E-state index in [1.807, 2.05) is 0 Å². The third-order valence-electron chi connectivity index (χ3n) is 11.1. The van der Waals surface area contributed by atoms with E-state index in [1.165, 1.54) is 225 Å². The van der Waals surface area contributed by atoms with Gasteiger partial charge in [-0.05, 0) is 43.2 Å². The van der Waals surface area contributed by atoms with Crippen LogP contribution in [0.2, 0.25) is 0 Å². The normalized spacial score (nSPS) is 12.2. The summed E-state index contributed by atoms with van der Waals surface area (Å²) >= 11 is 0. The van der Waals surface area contributed by atoms with Gasteiger partial charge in [-0.3, -0.25) is 4.79 Å². The molecule has 0 bridgehead atoms. The largest absolute Gasteiger partial charge is 0.481 e. The number of carbonyl (C=O) groups is 1. The van der Waals surface area contributed by atoms with Gasteiger partial charge >= 0.3 is 5.97 Å². The minimum atomic E-state index is -0.657. The molecule has 2 atom stereocenters. The van der Waals surface area contributed by atoms with Crippen LogP contribution in [-0.2, 0) is 4.79 Å². The van der Waals surface area contributed by atoms with E-state index in [4.69, 9.17) is 5.11 Å². The van der Waals surface area contributed by atoms with E-state index in [2.05, 4.69) is 43.9 Å².